The third-order valence-electron chi connectivity index (χ3n) is 2.47. The monoisotopic (exact) mass is 269 g/mol. The zero-order chi connectivity index (χ0) is 11.4. The van der Waals surface area contributed by atoms with Gasteiger partial charge in [0.25, 0.3) is 0 Å². The van der Waals surface area contributed by atoms with E-state index >= 15 is 0 Å². The molecule has 0 radical (unpaired) electrons. The first-order valence-electron chi connectivity index (χ1n) is 4.96. The zero-order valence-corrected chi connectivity index (χ0v) is 10.9. The van der Waals surface area contributed by atoms with Crippen molar-refractivity contribution < 1.29 is 4.79 Å². The second-order valence-corrected chi connectivity index (χ2v) is 4.76. The van der Waals surface area contributed by atoms with Crippen molar-refractivity contribution in [2.45, 2.75) is 19.3 Å². The maximum Gasteiger partial charge on any atom is 0.120 e. The second kappa shape index (κ2) is 5.31. The van der Waals surface area contributed by atoms with Crippen molar-refractivity contribution in [2.75, 3.05) is 19.0 Å². The van der Waals surface area contributed by atoms with Crippen LogP contribution in [0.5, 0.6) is 0 Å². The van der Waals surface area contributed by atoms with Gasteiger partial charge in [0.2, 0.25) is 0 Å². The fourth-order valence-electron chi connectivity index (χ4n) is 1.47. The lowest BCUT2D eigenvalue weighted by molar-refractivity contribution is -0.108. The van der Waals surface area contributed by atoms with Gasteiger partial charge in [-0.15, -0.1) is 0 Å². The predicted octanol–water partition coefficient (Wildman–Crippen LogP) is 3.21. The van der Waals surface area contributed by atoms with E-state index in [2.05, 4.69) is 46.0 Å². The van der Waals surface area contributed by atoms with Crippen LogP contribution >= 0.6 is 15.9 Å². The Balaban J connectivity index is 2.95. The van der Waals surface area contributed by atoms with Crippen molar-refractivity contribution in [1.29, 1.82) is 0 Å². The number of anilines is 1. The minimum Gasteiger partial charge on any atom is -0.377 e. The van der Waals surface area contributed by atoms with E-state index in [1.165, 1.54) is 5.56 Å². The van der Waals surface area contributed by atoms with Gasteiger partial charge in [-0.05, 0) is 39.5 Å². The highest BCUT2D eigenvalue weighted by Gasteiger charge is 2.08. The van der Waals surface area contributed by atoms with E-state index in [-0.39, 0.29) is 5.92 Å². The standard InChI is InChI=1S/C12H16BrNO/c1-9(6-7-15)10-4-5-12(14(2)3)11(13)8-10/h4-5,7-9H,6H2,1-3H3. The van der Waals surface area contributed by atoms with Crippen LogP contribution in [-0.4, -0.2) is 20.4 Å². The van der Waals surface area contributed by atoms with Crippen LogP contribution in [0.4, 0.5) is 5.69 Å². The summed E-state index contributed by atoms with van der Waals surface area (Å²) in [7, 11) is 4.02. The highest BCUT2D eigenvalue weighted by atomic mass is 79.9. The summed E-state index contributed by atoms with van der Waals surface area (Å²) in [5, 5.41) is 0. The first-order chi connectivity index (χ1) is 7.06. The number of carbonyl (C=O) groups is 1. The summed E-state index contributed by atoms with van der Waals surface area (Å²) in [5.74, 6) is 0.287. The van der Waals surface area contributed by atoms with Crippen molar-refractivity contribution in [3.05, 3.63) is 28.2 Å². The topological polar surface area (TPSA) is 20.3 Å². The average Bonchev–Trinajstić information content (AvgIpc) is 2.17. The number of rotatable bonds is 4. The summed E-state index contributed by atoms with van der Waals surface area (Å²) in [5.41, 5.74) is 2.34. The van der Waals surface area contributed by atoms with Crippen LogP contribution < -0.4 is 4.90 Å². The molecule has 0 aliphatic heterocycles. The normalized spacial score (nSPS) is 12.3. The molecule has 0 aliphatic carbocycles. The SMILES string of the molecule is CC(CC=O)c1ccc(N(C)C)c(Br)c1. The van der Waals surface area contributed by atoms with Gasteiger partial charge in [0.1, 0.15) is 6.29 Å². The second-order valence-electron chi connectivity index (χ2n) is 3.91. The fraction of sp³-hybridized carbons (Fsp3) is 0.417. The highest BCUT2D eigenvalue weighted by molar-refractivity contribution is 9.10. The maximum absolute atomic E-state index is 10.4. The molecule has 1 rings (SSSR count). The van der Waals surface area contributed by atoms with Gasteiger partial charge in [-0.2, -0.15) is 0 Å². The van der Waals surface area contributed by atoms with Crippen molar-refractivity contribution >= 4 is 27.9 Å². The molecule has 0 aromatic heterocycles. The Morgan fingerprint density at radius 3 is 2.60 bits per heavy atom. The molecular formula is C12H16BrNO. The van der Waals surface area contributed by atoms with E-state index in [0.29, 0.717) is 6.42 Å². The summed E-state index contributed by atoms with van der Waals surface area (Å²) in [6.45, 7) is 2.06. The molecule has 1 atom stereocenters. The summed E-state index contributed by atoms with van der Waals surface area (Å²) >= 11 is 3.54. The fourth-order valence-corrected chi connectivity index (χ4v) is 2.22. The molecule has 0 N–H and O–H groups in total. The van der Waals surface area contributed by atoms with Gasteiger partial charge in [0.05, 0.1) is 5.69 Å². The van der Waals surface area contributed by atoms with Gasteiger partial charge in [0, 0.05) is 25.0 Å². The lowest BCUT2D eigenvalue weighted by Crippen LogP contribution is -2.09. The predicted molar refractivity (Wildman–Crippen MR) is 67.6 cm³/mol. The number of carbonyl (C=O) groups excluding carboxylic acids is 1. The number of nitrogens with zero attached hydrogens (tertiary/aromatic N) is 1. The van der Waals surface area contributed by atoms with Gasteiger partial charge < -0.3 is 9.69 Å². The Labute approximate surface area is 99.4 Å². The lowest BCUT2D eigenvalue weighted by atomic mass is 9.98. The quantitative estimate of drug-likeness (QED) is 0.783. The Bertz CT molecular complexity index is 349. The molecule has 0 saturated carbocycles. The molecule has 1 aromatic carbocycles. The largest absolute Gasteiger partial charge is 0.377 e. The van der Waals surface area contributed by atoms with Crippen molar-refractivity contribution in [3.8, 4) is 0 Å². The minimum atomic E-state index is 0.287. The van der Waals surface area contributed by atoms with E-state index in [4.69, 9.17) is 0 Å². The molecule has 0 saturated heterocycles. The number of hydrogen-bond donors (Lipinski definition) is 0. The maximum atomic E-state index is 10.4. The Hall–Kier alpha value is -0.830. The molecule has 1 unspecified atom stereocenters. The average molecular weight is 270 g/mol. The Morgan fingerprint density at radius 2 is 2.13 bits per heavy atom. The van der Waals surface area contributed by atoms with Crippen LogP contribution in [-0.2, 0) is 4.79 Å². The molecule has 0 fully saturated rings. The lowest BCUT2D eigenvalue weighted by Gasteiger charge is -2.17. The number of aldehydes is 1. The molecule has 15 heavy (non-hydrogen) atoms. The van der Waals surface area contributed by atoms with Crippen molar-refractivity contribution in [3.63, 3.8) is 0 Å². The summed E-state index contributed by atoms with van der Waals surface area (Å²) in [6.07, 6.45) is 1.55. The van der Waals surface area contributed by atoms with Crippen LogP contribution in [0.2, 0.25) is 0 Å². The van der Waals surface area contributed by atoms with E-state index in [1.807, 2.05) is 14.1 Å². The third kappa shape index (κ3) is 3.06. The molecule has 1 aromatic rings. The molecule has 0 heterocycles. The van der Waals surface area contributed by atoms with Crippen LogP contribution in [0.3, 0.4) is 0 Å². The minimum absolute atomic E-state index is 0.287. The van der Waals surface area contributed by atoms with Crippen LogP contribution in [0.1, 0.15) is 24.8 Å². The number of hydrogen-bond acceptors (Lipinski definition) is 2. The van der Waals surface area contributed by atoms with Crippen LogP contribution in [0.15, 0.2) is 22.7 Å². The first-order valence-corrected chi connectivity index (χ1v) is 5.76. The summed E-state index contributed by atoms with van der Waals surface area (Å²) < 4.78 is 1.07. The number of halogens is 1. The molecule has 0 bridgehead atoms. The van der Waals surface area contributed by atoms with E-state index < -0.39 is 0 Å². The van der Waals surface area contributed by atoms with Gasteiger partial charge in [-0.1, -0.05) is 13.0 Å². The van der Waals surface area contributed by atoms with Crippen LogP contribution in [0, 0.1) is 0 Å². The van der Waals surface area contributed by atoms with E-state index in [1.54, 1.807) is 0 Å². The van der Waals surface area contributed by atoms with Gasteiger partial charge in [0.15, 0.2) is 0 Å². The Morgan fingerprint density at radius 1 is 1.47 bits per heavy atom. The molecule has 0 spiro atoms. The molecular weight excluding hydrogens is 254 g/mol. The van der Waals surface area contributed by atoms with Crippen LogP contribution in [0.25, 0.3) is 0 Å². The van der Waals surface area contributed by atoms with Gasteiger partial charge in [-0.25, -0.2) is 0 Å². The Kier molecular flexibility index (Phi) is 4.33. The summed E-state index contributed by atoms with van der Waals surface area (Å²) in [4.78, 5) is 12.5. The molecule has 82 valence electrons. The third-order valence-corrected chi connectivity index (χ3v) is 3.11. The zero-order valence-electron chi connectivity index (χ0n) is 9.33. The first kappa shape index (κ1) is 12.2. The summed E-state index contributed by atoms with van der Waals surface area (Å²) in [6, 6.07) is 6.23. The number of benzene rings is 1. The van der Waals surface area contributed by atoms with Crippen molar-refractivity contribution in [1.82, 2.24) is 0 Å². The molecule has 0 aliphatic rings. The molecule has 3 heteroatoms. The highest BCUT2D eigenvalue weighted by Crippen LogP contribution is 2.29. The molecule has 2 nitrogen and oxygen atoms in total. The van der Waals surface area contributed by atoms with Crippen molar-refractivity contribution in [2.24, 2.45) is 0 Å². The van der Waals surface area contributed by atoms with Gasteiger partial charge >= 0.3 is 0 Å². The van der Waals surface area contributed by atoms with E-state index in [0.717, 1.165) is 16.4 Å². The molecule has 0 amide bonds. The van der Waals surface area contributed by atoms with Gasteiger partial charge in [-0.3, -0.25) is 0 Å². The van der Waals surface area contributed by atoms with E-state index in [9.17, 15) is 4.79 Å². The smallest absolute Gasteiger partial charge is 0.120 e.